The summed E-state index contributed by atoms with van der Waals surface area (Å²) in [6.07, 6.45) is 0. The molecule has 4 heteroatoms. The van der Waals surface area contributed by atoms with Gasteiger partial charge in [-0.1, -0.05) is 0 Å². The molecule has 0 amide bonds. The Morgan fingerprint density at radius 1 is 1.00 bits per heavy atom. The fraction of sp³-hybridized carbons (Fsp3) is 0. The fourth-order valence-corrected chi connectivity index (χ4v) is 0. The zero-order chi connectivity index (χ0) is 0. The molecule has 0 aliphatic rings. The molecule has 0 N–H and O–H groups in total. The Hall–Kier alpha value is 2.23. The molecule has 0 saturated carbocycles. The van der Waals surface area contributed by atoms with E-state index in [1.807, 2.05) is 0 Å². The van der Waals surface area contributed by atoms with Gasteiger partial charge in [-0.3, -0.25) is 0 Å². The topological polar surface area (TPSA) is 0 Å². The molecule has 0 radical (unpaired) electrons. The first-order valence-electron chi connectivity index (χ1n) is 0. The van der Waals surface area contributed by atoms with Crippen molar-refractivity contribution in [2.75, 3.05) is 0 Å². The van der Waals surface area contributed by atoms with Crippen molar-refractivity contribution < 1.29 is 21.7 Å². The van der Waals surface area contributed by atoms with Crippen LogP contribution in [-0.4, -0.2) is 51.4 Å². The van der Waals surface area contributed by atoms with Gasteiger partial charge < -0.3 is 0 Å². The molecule has 0 rings (SSSR count). The maximum absolute atomic E-state index is 0. The second-order valence-corrected chi connectivity index (χ2v) is 0. The molecular formula is H9AlMgSiTi. The molecule has 0 nitrogen and oxygen atoms in total. The van der Waals surface area contributed by atoms with Crippen molar-refractivity contribution in [2.45, 2.75) is 0 Å². The van der Waals surface area contributed by atoms with Crippen molar-refractivity contribution in [3.63, 3.8) is 0 Å². The monoisotopic (exact) mass is 136 g/mol. The molecule has 22 valence electrons. The number of rotatable bonds is 0. The average Bonchev–Trinajstić information content (AvgIpc) is 0. The van der Waals surface area contributed by atoms with Gasteiger partial charge in [0.1, 0.15) is 0 Å². The molecule has 0 aromatic heterocycles. The van der Waals surface area contributed by atoms with Crippen molar-refractivity contribution >= 4 is 51.4 Å². The Bertz CT molecular complexity index is 8.00. The standard InChI is InChI=1S/Al.Mg.H4Si.Ti.5H/h;;1H4;;;;;;. The minimum Gasteiger partial charge on any atom is -0.0149 e. The first kappa shape index (κ1) is 34.3. The summed E-state index contributed by atoms with van der Waals surface area (Å²) in [6, 6.07) is 0. The van der Waals surface area contributed by atoms with Crippen molar-refractivity contribution in [3.05, 3.63) is 0 Å². The third kappa shape index (κ3) is 8.87. The Morgan fingerprint density at radius 2 is 1.00 bits per heavy atom. The van der Waals surface area contributed by atoms with E-state index in [2.05, 4.69) is 0 Å². The van der Waals surface area contributed by atoms with E-state index >= 15 is 0 Å². The van der Waals surface area contributed by atoms with Crippen LogP contribution in [0.3, 0.4) is 0 Å². The maximum Gasteiger partial charge on any atom is 0.316 e. The molecule has 0 aliphatic heterocycles. The van der Waals surface area contributed by atoms with E-state index in [0.717, 1.165) is 0 Å². The van der Waals surface area contributed by atoms with Gasteiger partial charge >= 0.3 is 23.1 Å². The van der Waals surface area contributed by atoms with Gasteiger partial charge in [-0.05, 0) is 11.0 Å². The summed E-state index contributed by atoms with van der Waals surface area (Å²) in [7, 11) is 0. The Kier molecular flexibility index (Phi) is 161. The molecule has 0 saturated heterocycles. The van der Waals surface area contributed by atoms with Crippen LogP contribution < -0.4 is 0 Å². The molecule has 0 aliphatic carbocycles. The van der Waals surface area contributed by atoms with Gasteiger partial charge in [0, 0.05) is 21.7 Å². The van der Waals surface area contributed by atoms with E-state index in [0.29, 0.717) is 0 Å². The summed E-state index contributed by atoms with van der Waals surface area (Å²) in [4.78, 5) is 0. The van der Waals surface area contributed by atoms with E-state index in [4.69, 9.17) is 0 Å². The van der Waals surface area contributed by atoms with Gasteiger partial charge in [0.05, 0.1) is 0 Å². The SMILES string of the molecule is [AlH3].[MgH2].[SiH4].[Ti]. The summed E-state index contributed by atoms with van der Waals surface area (Å²) >= 11 is 0. The number of hydrogen-bond acceptors (Lipinski definition) is 0. The third-order valence-electron chi connectivity index (χ3n) is 0. The maximum atomic E-state index is 0. The summed E-state index contributed by atoms with van der Waals surface area (Å²) in [5.74, 6) is 0. The van der Waals surface area contributed by atoms with Gasteiger partial charge in [-0.25, -0.2) is 0 Å². The number of hydrogen-bond donors (Lipinski definition) is 0. The van der Waals surface area contributed by atoms with Crippen LogP contribution in [0.4, 0.5) is 0 Å². The van der Waals surface area contributed by atoms with E-state index in [1.165, 1.54) is 0 Å². The van der Waals surface area contributed by atoms with Gasteiger partial charge in [0.15, 0.2) is 17.4 Å². The minimum atomic E-state index is 0. The van der Waals surface area contributed by atoms with Crippen molar-refractivity contribution in [1.82, 2.24) is 0 Å². The van der Waals surface area contributed by atoms with Gasteiger partial charge in [0.2, 0.25) is 0 Å². The second-order valence-electron chi connectivity index (χ2n) is 0. The third-order valence-corrected chi connectivity index (χ3v) is 0. The van der Waals surface area contributed by atoms with E-state index in [-0.39, 0.29) is 73.1 Å². The Balaban J connectivity index is 0. The molecular weight excluding hydrogens is 127 g/mol. The molecule has 0 bridgehead atoms. The van der Waals surface area contributed by atoms with Crippen LogP contribution in [0, 0.1) is 0 Å². The van der Waals surface area contributed by atoms with Crippen LogP contribution in [0.25, 0.3) is 0 Å². The molecule has 0 aromatic rings. The Morgan fingerprint density at radius 3 is 1.00 bits per heavy atom. The quantitative estimate of drug-likeness (QED) is 0.303. The molecule has 0 heterocycles. The van der Waals surface area contributed by atoms with Crippen LogP contribution in [0.1, 0.15) is 0 Å². The Labute approximate surface area is 72.3 Å². The summed E-state index contributed by atoms with van der Waals surface area (Å²) in [5.41, 5.74) is 0. The van der Waals surface area contributed by atoms with Crippen molar-refractivity contribution in [1.29, 1.82) is 0 Å². The first-order chi connectivity index (χ1) is 0. The zero-order valence-corrected chi connectivity index (χ0v) is 2.06. The summed E-state index contributed by atoms with van der Waals surface area (Å²) in [6.45, 7) is 0. The van der Waals surface area contributed by atoms with E-state index < -0.39 is 0 Å². The predicted octanol–water partition coefficient (Wildman–Crippen LogP) is -3.55. The van der Waals surface area contributed by atoms with Crippen LogP contribution in [-0.2, 0) is 21.7 Å². The summed E-state index contributed by atoms with van der Waals surface area (Å²) < 4.78 is 0. The fourth-order valence-electron chi connectivity index (χ4n) is 0. The molecule has 0 aromatic carbocycles. The molecule has 0 atom stereocenters. The van der Waals surface area contributed by atoms with Crippen LogP contribution in [0.2, 0.25) is 0 Å². The molecule has 0 unspecified atom stereocenters. The summed E-state index contributed by atoms with van der Waals surface area (Å²) in [5, 5.41) is 0. The van der Waals surface area contributed by atoms with Crippen LogP contribution >= 0.6 is 0 Å². The largest absolute Gasteiger partial charge is 0.316 e. The molecule has 0 spiro atoms. The van der Waals surface area contributed by atoms with Crippen LogP contribution in [0.5, 0.6) is 0 Å². The van der Waals surface area contributed by atoms with Gasteiger partial charge in [0.25, 0.3) is 0 Å². The first-order valence-corrected chi connectivity index (χ1v) is 0. The normalized spacial score (nSPS) is 0. The molecule has 4 heavy (non-hydrogen) atoms. The van der Waals surface area contributed by atoms with E-state index in [9.17, 15) is 0 Å². The average molecular weight is 136 g/mol. The van der Waals surface area contributed by atoms with Crippen molar-refractivity contribution in [2.24, 2.45) is 0 Å². The van der Waals surface area contributed by atoms with Gasteiger partial charge in [-0.2, -0.15) is 0 Å². The molecule has 0 fully saturated rings. The smallest absolute Gasteiger partial charge is 0.0149 e. The van der Waals surface area contributed by atoms with Crippen molar-refractivity contribution in [3.8, 4) is 0 Å². The minimum absolute atomic E-state index is 0. The second kappa shape index (κ2) is 18.8. The van der Waals surface area contributed by atoms with Crippen LogP contribution in [0.15, 0.2) is 0 Å². The zero-order valence-electron chi connectivity index (χ0n) is 0.500. The predicted molar refractivity (Wildman–Crippen MR) is 29.8 cm³/mol. The van der Waals surface area contributed by atoms with Gasteiger partial charge in [-0.15, -0.1) is 0 Å². The van der Waals surface area contributed by atoms with E-state index in [1.54, 1.807) is 0 Å².